The Morgan fingerprint density at radius 1 is 1.24 bits per heavy atom. The van der Waals surface area contributed by atoms with Crippen molar-refractivity contribution in [2.24, 2.45) is 5.73 Å². The lowest BCUT2D eigenvalue weighted by Gasteiger charge is -2.21. The molecule has 3 atom stereocenters. The lowest BCUT2D eigenvalue weighted by atomic mass is 10.0. The smallest absolute Gasteiger partial charge is 0.163 e. The lowest BCUT2D eigenvalue weighted by molar-refractivity contribution is -0.149. The summed E-state index contributed by atoms with van der Waals surface area (Å²) in [6.45, 7) is 5.94. The van der Waals surface area contributed by atoms with E-state index >= 15 is 0 Å². The number of unbranched alkanes of at least 4 members (excludes halogenated alkanes) is 3. The van der Waals surface area contributed by atoms with Gasteiger partial charge in [0.15, 0.2) is 5.79 Å². The highest BCUT2D eigenvalue weighted by Crippen LogP contribution is 2.32. The van der Waals surface area contributed by atoms with Crippen molar-refractivity contribution in [3.63, 3.8) is 0 Å². The molecule has 0 radical (unpaired) electrons. The highest BCUT2D eigenvalue weighted by Gasteiger charge is 2.43. The second-order valence-corrected chi connectivity index (χ2v) is 5.33. The van der Waals surface area contributed by atoms with Crippen LogP contribution in [-0.4, -0.2) is 35.8 Å². The third kappa shape index (κ3) is 4.54. The molecule has 0 bridgehead atoms. The molecule has 1 rings (SSSR count). The minimum Gasteiger partial charge on any atom is -0.395 e. The van der Waals surface area contributed by atoms with Crippen molar-refractivity contribution in [1.82, 2.24) is 0 Å². The first-order chi connectivity index (χ1) is 8.00. The summed E-state index contributed by atoms with van der Waals surface area (Å²) in [6.07, 6.45) is 5.63. The van der Waals surface area contributed by atoms with Crippen LogP contribution in [0.15, 0.2) is 0 Å². The van der Waals surface area contributed by atoms with Gasteiger partial charge in [0.25, 0.3) is 0 Å². The fraction of sp³-hybridized carbons (Fsp3) is 1.00. The highest BCUT2D eigenvalue weighted by atomic mass is 16.8. The topological polar surface area (TPSA) is 64.7 Å². The zero-order chi connectivity index (χ0) is 12.9. The van der Waals surface area contributed by atoms with Crippen molar-refractivity contribution in [2.75, 3.05) is 6.61 Å². The van der Waals surface area contributed by atoms with Crippen molar-refractivity contribution < 1.29 is 14.6 Å². The van der Waals surface area contributed by atoms with E-state index in [1.54, 1.807) is 0 Å². The molecule has 17 heavy (non-hydrogen) atoms. The molecule has 0 aromatic heterocycles. The van der Waals surface area contributed by atoms with E-state index in [-0.39, 0.29) is 24.9 Å². The van der Waals surface area contributed by atoms with Crippen LogP contribution in [-0.2, 0) is 9.47 Å². The van der Waals surface area contributed by atoms with Gasteiger partial charge in [0.2, 0.25) is 0 Å². The molecular formula is C13H27NO3. The lowest BCUT2D eigenvalue weighted by Crippen LogP contribution is -2.44. The average Bonchev–Trinajstić information content (AvgIpc) is 2.59. The number of aliphatic hydroxyl groups excluding tert-OH is 1. The first kappa shape index (κ1) is 14.9. The fourth-order valence-electron chi connectivity index (χ4n) is 2.33. The largest absolute Gasteiger partial charge is 0.395 e. The molecule has 102 valence electrons. The van der Waals surface area contributed by atoms with Gasteiger partial charge < -0.3 is 20.3 Å². The molecular weight excluding hydrogens is 218 g/mol. The van der Waals surface area contributed by atoms with Gasteiger partial charge in [0, 0.05) is 0 Å². The molecule has 1 heterocycles. The van der Waals surface area contributed by atoms with Crippen molar-refractivity contribution in [1.29, 1.82) is 0 Å². The predicted octanol–water partition coefficient (Wildman–Crippen LogP) is 1.80. The minimum atomic E-state index is -0.577. The van der Waals surface area contributed by atoms with Crippen molar-refractivity contribution in [3.8, 4) is 0 Å². The summed E-state index contributed by atoms with van der Waals surface area (Å²) < 4.78 is 11.6. The normalized spacial score (nSPS) is 29.5. The molecule has 0 aromatic rings. The number of nitrogens with two attached hydrogens (primary N) is 1. The Balaban J connectivity index is 2.43. The second-order valence-electron chi connectivity index (χ2n) is 5.33. The van der Waals surface area contributed by atoms with Crippen LogP contribution in [0.25, 0.3) is 0 Å². The number of hydrogen-bond donors (Lipinski definition) is 2. The second kappa shape index (κ2) is 6.69. The Morgan fingerprint density at radius 2 is 1.94 bits per heavy atom. The predicted molar refractivity (Wildman–Crippen MR) is 67.6 cm³/mol. The third-order valence-corrected chi connectivity index (χ3v) is 3.20. The number of aliphatic hydroxyl groups is 1. The van der Waals surface area contributed by atoms with E-state index in [9.17, 15) is 0 Å². The Hall–Kier alpha value is -0.160. The van der Waals surface area contributed by atoms with E-state index in [1.807, 2.05) is 13.8 Å². The summed E-state index contributed by atoms with van der Waals surface area (Å²) in [7, 11) is 0. The molecule has 1 aliphatic heterocycles. The van der Waals surface area contributed by atoms with Crippen molar-refractivity contribution in [3.05, 3.63) is 0 Å². The maximum atomic E-state index is 9.13. The summed E-state index contributed by atoms with van der Waals surface area (Å²) >= 11 is 0. The molecule has 0 aliphatic carbocycles. The van der Waals surface area contributed by atoms with Crippen LogP contribution in [0.2, 0.25) is 0 Å². The Morgan fingerprint density at radius 3 is 2.53 bits per heavy atom. The number of rotatable bonds is 7. The molecule has 1 saturated heterocycles. The van der Waals surface area contributed by atoms with Gasteiger partial charge in [0.05, 0.1) is 18.8 Å². The summed E-state index contributed by atoms with van der Waals surface area (Å²) in [5.74, 6) is -0.577. The van der Waals surface area contributed by atoms with Gasteiger partial charge in [-0.25, -0.2) is 0 Å². The van der Waals surface area contributed by atoms with Gasteiger partial charge in [-0.05, 0) is 20.3 Å². The molecule has 1 fully saturated rings. The maximum Gasteiger partial charge on any atom is 0.163 e. The zero-order valence-electron chi connectivity index (χ0n) is 11.3. The zero-order valence-corrected chi connectivity index (χ0v) is 11.3. The Labute approximate surface area is 104 Å². The molecule has 3 N–H and O–H groups in total. The van der Waals surface area contributed by atoms with Crippen LogP contribution in [0.4, 0.5) is 0 Å². The van der Waals surface area contributed by atoms with Gasteiger partial charge in [-0.15, -0.1) is 0 Å². The number of ether oxygens (including phenoxy) is 2. The highest BCUT2D eigenvalue weighted by molar-refractivity contribution is 4.88. The summed E-state index contributed by atoms with van der Waals surface area (Å²) in [4.78, 5) is 0. The molecule has 4 heteroatoms. The van der Waals surface area contributed by atoms with Gasteiger partial charge >= 0.3 is 0 Å². The molecule has 0 unspecified atom stereocenters. The van der Waals surface area contributed by atoms with Crippen molar-refractivity contribution >= 4 is 0 Å². The minimum absolute atomic E-state index is 0.0176. The number of hydrogen-bond acceptors (Lipinski definition) is 4. The van der Waals surface area contributed by atoms with E-state index in [0.717, 1.165) is 12.8 Å². The first-order valence-corrected chi connectivity index (χ1v) is 6.72. The Bertz CT molecular complexity index is 221. The van der Waals surface area contributed by atoms with Crippen LogP contribution >= 0.6 is 0 Å². The van der Waals surface area contributed by atoms with Gasteiger partial charge in [-0.3, -0.25) is 0 Å². The maximum absolute atomic E-state index is 9.13. The summed E-state index contributed by atoms with van der Waals surface area (Å²) in [5.41, 5.74) is 5.87. The van der Waals surface area contributed by atoms with E-state index in [2.05, 4.69) is 6.92 Å². The Kier molecular flexibility index (Phi) is 5.86. The quantitative estimate of drug-likeness (QED) is 0.671. The molecule has 0 saturated carbocycles. The monoisotopic (exact) mass is 245 g/mol. The summed E-state index contributed by atoms with van der Waals surface area (Å²) in [5, 5.41) is 9.13. The van der Waals surface area contributed by atoms with Gasteiger partial charge in [0.1, 0.15) is 6.10 Å². The van der Waals surface area contributed by atoms with Crippen molar-refractivity contribution in [2.45, 2.75) is 76.9 Å². The van der Waals surface area contributed by atoms with Crippen LogP contribution in [0, 0.1) is 0 Å². The SMILES string of the molecule is CCCCCC[C@H]1OC(C)(C)O[C@H]1[C@@H](N)CO. The van der Waals surface area contributed by atoms with E-state index < -0.39 is 5.79 Å². The molecule has 0 aromatic carbocycles. The molecule has 1 aliphatic rings. The van der Waals surface area contributed by atoms with Gasteiger partial charge in [-0.2, -0.15) is 0 Å². The van der Waals surface area contributed by atoms with Crippen LogP contribution in [0.1, 0.15) is 52.9 Å². The fourth-order valence-corrected chi connectivity index (χ4v) is 2.33. The van der Waals surface area contributed by atoms with E-state index in [1.165, 1.54) is 19.3 Å². The van der Waals surface area contributed by atoms with Gasteiger partial charge in [-0.1, -0.05) is 32.6 Å². The molecule has 0 spiro atoms. The first-order valence-electron chi connectivity index (χ1n) is 6.72. The molecule has 0 amide bonds. The summed E-state index contributed by atoms with van der Waals surface area (Å²) in [6, 6.07) is -0.354. The van der Waals surface area contributed by atoms with Crippen LogP contribution in [0.3, 0.4) is 0 Å². The molecule has 4 nitrogen and oxygen atoms in total. The third-order valence-electron chi connectivity index (χ3n) is 3.20. The van der Waals surface area contributed by atoms with Crippen LogP contribution < -0.4 is 5.73 Å². The van der Waals surface area contributed by atoms with E-state index in [4.69, 9.17) is 20.3 Å². The average molecular weight is 245 g/mol. The van der Waals surface area contributed by atoms with Crippen LogP contribution in [0.5, 0.6) is 0 Å². The van der Waals surface area contributed by atoms with E-state index in [0.29, 0.717) is 0 Å². The standard InChI is InChI=1S/C13H27NO3/c1-4-5-6-7-8-11-12(10(14)9-15)17-13(2,3)16-11/h10-12,15H,4-9,14H2,1-3H3/t10-,11+,12-/m0/s1.